The summed E-state index contributed by atoms with van der Waals surface area (Å²) in [7, 11) is 0. The van der Waals surface area contributed by atoms with Crippen molar-refractivity contribution >= 4 is 12.0 Å². The molecule has 6 heteroatoms. The first-order valence-electron chi connectivity index (χ1n) is 6.96. The molecule has 0 bridgehead atoms. The number of hydrogen-bond acceptors (Lipinski definition) is 3. The average Bonchev–Trinajstić information content (AvgIpc) is 2.90. The molecule has 0 aliphatic carbocycles. The van der Waals surface area contributed by atoms with Crippen molar-refractivity contribution in [3.05, 3.63) is 35.9 Å². The quantitative estimate of drug-likeness (QED) is 0.770. The molecular formula is C15H20N2O4. The summed E-state index contributed by atoms with van der Waals surface area (Å²) >= 11 is 0. The number of carboxylic acids is 1. The first-order valence-corrected chi connectivity index (χ1v) is 6.96. The number of amides is 2. The van der Waals surface area contributed by atoms with E-state index in [1.165, 1.54) is 0 Å². The van der Waals surface area contributed by atoms with Crippen LogP contribution in [0.1, 0.15) is 31.4 Å². The molecule has 2 rings (SSSR count). The van der Waals surface area contributed by atoms with Crippen molar-refractivity contribution in [2.45, 2.75) is 31.4 Å². The van der Waals surface area contributed by atoms with Gasteiger partial charge in [-0.3, -0.25) is 0 Å². The van der Waals surface area contributed by atoms with Gasteiger partial charge in [0.05, 0.1) is 5.60 Å². The van der Waals surface area contributed by atoms with E-state index in [0.717, 1.165) is 12.8 Å². The molecule has 0 saturated carbocycles. The van der Waals surface area contributed by atoms with E-state index in [-0.39, 0.29) is 5.60 Å². The van der Waals surface area contributed by atoms with Gasteiger partial charge in [0.15, 0.2) is 6.04 Å². The van der Waals surface area contributed by atoms with Gasteiger partial charge in [-0.05, 0) is 25.3 Å². The molecule has 1 saturated heterocycles. The topological polar surface area (TPSA) is 87.7 Å². The molecule has 1 aliphatic heterocycles. The van der Waals surface area contributed by atoms with Gasteiger partial charge in [-0.15, -0.1) is 0 Å². The molecule has 1 aromatic carbocycles. The lowest BCUT2D eigenvalue weighted by atomic mass is 10.0. The number of benzene rings is 1. The number of hydrogen-bond donors (Lipinski definition) is 3. The van der Waals surface area contributed by atoms with E-state index >= 15 is 0 Å². The molecular weight excluding hydrogens is 272 g/mol. The lowest BCUT2D eigenvalue weighted by Gasteiger charge is -2.24. The third kappa shape index (κ3) is 4.19. The number of nitrogens with one attached hydrogen (secondary N) is 2. The molecule has 2 atom stereocenters. The van der Waals surface area contributed by atoms with Crippen LogP contribution in [0.5, 0.6) is 0 Å². The number of rotatable bonds is 5. The van der Waals surface area contributed by atoms with Gasteiger partial charge in [0.25, 0.3) is 0 Å². The Morgan fingerprint density at radius 2 is 2.10 bits per heavy atom. The zero-order valence-electron chi connectivity index (χ0n) is 12.0. The summed E-state index contributed by atoms with van der Waals surface area (Å²) < 4.78 is 5.57. The minimum absolute atomic E-state index is 0.358. The van der Waals surface area contributed by atoms with Gasteiger partial charge in [0.2, 0.25) is 0 Å². The van der Waals surface area contributed by atoms with E-state index in [1.54, 1.807) is 30.3 Å². The number of carboxylic acid groups (broad SMARTS) is 1. The second kappa shape index (κ2) is 6.58. The van der Waals surface area contributed by atoms with Crippen LogP contribution in [0.4, 0.5) is 4.79 Å². The number of aliphatic carboxylic acids is 1. The van der Waals surface area contributed by atoms with Gasteiger partial charge in [-0.25, -0.2) is 9.59 Å². The summed E-state index contributed by atoms with van der Waals surface area (Å²) in [5.74, 6) is -1.10. The Labute approximate surface area is 123 Å². The molecule has 1 heterocycles. The van der Waals surface area contributed by atoms with Gasteiger partial charge in [-0.1, -0.05) is 30.3 Å². The summed E-state index contributed by atoms with van der Waals surface area (Å²) in [6, 6.07) is 7.02. The Morgan fingerprint density at radius 1 is 1.38 bits per heavy atom. The molecule has 114 valence electrons. The van der Waals surface area contributed by atoms with Crippen LogP contribution in [0.2, 0.25) is 0 Å². The highest BCUT2D eigenvalue weighted by Crippen LogP contribution is 2.23. The minimum atomic E-state index is -1.10. The molecule has 0 aromatic heterocycles. The summed E-state index contributed by atoms with van der Waals surface area (Å²) in [4.78, 5) is 23.2. The number of carbonyl (C=O) groups excluding carboxylic acids is 1. The van der Waals surface area contributed by atoms with Crippen LogP contribution in [-0.2, 0) is 9.53 Å². The molecule has 2 amide bonds. The Hall–Kier alpha value is -2.08. The van der Waals surface area contributed by atoms with Gasteiger partial charge in [0, 0.05) is 13.2 Å². The first-order chi connectivity index (χ1) is 10.0. The summed E-state index contributed by atoms with van der Waals surface area (Å²) in [5, 5.41) is 14.4. The van der Waals surface area contributed by atoms with Crippen molar-refractivity contribution in [3.63, 3.8) is 0 Å². The van der Waals surface area contributed by atoms with Crippen molar-refractivity contribution in [1.82, 2.24) is 10.6 Å². The molecule has 3 N–H and O–H groups in total. The first kappa shape index (κ1) is 15.3. The van der Waals surface area contributed by atoms with E-state index in [1.807, 2.05) is 6.92 Å². The van der Waals surface area contributed by atoms with Crippen LogP contribution in [0.3, 0.4) is 0 Å². The Morgan fingerprint density at radius 3 is 2.67 bits per heavy atom. The maximum Gasteiger partial charge on any atom is 0.330 e. The zero-order valence-corrected chi connectivity index (χ0v) is 12.0. The summed E-state index contributed by atoms with van der Waals surface area (Å²) in [5.41, 5.74) is 0.173. The van der Waals surface area contributed by atoms with Gasteiger partial charge in [-0.2, -0.15) is 0 Å². The maximum atomic E-state index is 11.9. The lowest BCUT2D eigenvalue weighted by Crippen LogP contribution is -2.46. The van der Waals surface area contributed by atoms with Crippen molar-refractivity contribution < 1.29 is 19.4 Å². The van der Waals surface area contributed by atoms with Crippen LogP contribution >= 0.6 is 0 Å². The molecule has 1 aromatic rings. The van der Waals surface area contributed by atoms with Crippen molar-refractivity contribution in [3.8, 4) is 0 Å². The molecule has 21 heavy (non-hydrogen) atoms. The third-order valence-electron chi connectivity index (χ3n) is 3.58. The van der Waals surface area contributed by atoms with E-state index in [4.69, 9.17) is 4.74 Å². The van der Waals surface area contributed by atoms with E-state index in [9.17, 15) is 14.7 Å². The monoisotopic (exact) mass is 292 g/mol. The zero-order chi connectivity index (χ0) is 15.3. The lowest BCUT2D eigenvalue weighted by molar-refractivity contribution is -0.139. The second-order valence-electron chi connectivity index (χ2n) is 5.41. The van der Waals surface area contributed by atoms with Gasteiger partial charge >= 0.3 is 12.0 Å². The third-order valence-corrected chi connectivity index (χ3v) is 3.58. The molecule has 0 radical (unpaired) electrons. The summed E-state index contributed by atoms with van der Waals surface area (Å²) in [6.45, 7) is 2.99. The molecule has 1 aliphatic rings. The predicted molar refractivity (Wildman–Crippen MR) is 76.9 cm³/mol. The minimum Gasteiger partial charge on any atom is -0.479 e. The smallest absolute Gasteiger partial charge is 0.330 e. The van der Waals surface area contributed by atoms with Crippen LogP contribution in [0, 0.1) is 0 Å². The number of carbonyl (C=O) groups is 2. The molecule has 6 nitrogen and oxygen atoms in total. The average molecular weight is 292 g/mol. The Balaban J connectivity index is 1.91. The normalized spacial score (nSPS) is 22.5. The largest absolute Gasteiger partial charge is 0.479 e. The van der Waals surface area contributed by atoms with E-state index in [0.29, 0.717) is 18.7 Å². The maximum absolute atomic E-state index is 11.9. The fourth-order valence-electron chi connectivity index (χ4n) is 2.36. The van der Waals surface area contributed by atoms with E-state index in [2.05, 4.69) is 10.6 Å². The highest BCUT2D eigenvalue weighted by atomic mass is 16.5. The molecule has 1 fully saturated rings. The standard InChI is InChI=1S/C15H20N2O4/c1-15(8-5-9-21-15)10-16-14(20)17-12(13(18)19)11-6-3-2-4-7-11/h2-4,6-7,12H,5,8-10H2,1H3,(H,18,19)(H2,16,17,20)/t12-,15?/m1/s1. The van der Waals surface area contributed by atoms with E-state index < -0.39 is 18.0 Å². The van der Waals surface area contributed by atoms with Crippen molar-refractivity contribution in [2.75, 3.05) is 13.2 Å². The van der Waals surface area contributed by atoms with Crippen LogP contribution in [0.25, 0.3) is 0 Å². The number of ether oxygens (including phenoxy) is 1. The Kier molecular flexibility index (Phi) is 4.80. The second-order valence-corrected chi connectivity index (χ2v) is 5.41. The van der Waals surface area contributed by atoms with Gasteiger partial charge < -0.3 is 20.5 Å². The highest BCUT2D eigenvalue weighted by molar-refractivity contribution is 5.83. The predicted octanol–water partition coefficient (Wildman–Crippen LogP) is 1.68. The fourth-order valence-corrected chi connectivity index (χ4v) is 2.36. The van der Waals surface area contributed by atoms with Crippen LogP contribution < -0.4 is 10.6 Å². The fraction of sp³-hybridized carbons (Fsp3) is 0.467. The van der Waals surface area contributed by atoms with Crippen molar-refractivity contribution in [2.24, 2.45) is 0 Å². The molecule has 1 unspecified atom stereocenters. The highest BCUT2D eigenvalue weighted by Gasteiger charge is 2.30. The summed E-state index contributed by atoms with van der Waals surface area (Å²) in [6.07, 6.45) is 1.86. The van der Waals surface area contributed by atoms with Crippen molar-refractivity contribution in [1.29, 1.82) is 0 Å². The van der Waals surface area contributed by atoms with Crippen LogP contribution in [0.15, 0.2) is 30.3 Å². The van der Waals surface area contributed by atoms with Gasteiger partial charge in [0.1, 0.15) is 0 Å². The number of urea groups is 1. The molecule has 0 spiro atoms. The SMILES string of the molecule is CC1(CNC(=O)N[C@@H](C(=O)O)c2ccccc2)CCCO1. The van der Waals surface area contributed by atoms with Crippen LogP contribution in [-0.4, -0.2) is 35.9 Å². The Bertz CT molecular complexity index is 498.